The van der Waals surface area contributed by atoms with Crippen molar-refractivity contribution in [2.45, 2.75) is 58.5 Å². The van der Waals surface area contributed by atoms with Gasteiger partial charge in [0.15, 0.2) is 0 Å². The molecule has 0 radical (unpaired) electrons. The summed E-state index contributed by atoms with van der Waals surface area (Å²) in [5.41, 5.74) is 4.44. The number of hydrogen-bond acceptors (Lipinski definition) is 2. The second-order valence-electron chi connectivity index (χ2n) is 7.06. The van der Waals surface area contributed by atoms with Crippen molar-refractivity contribution in [2.24, 2.45) is 5.92 Å². The molecule has 1 saturated heterocycles. The van der Waals surface area contributed by atoms with Gasteiger partial charge in [-0.15, -0.1) is 0 Å². The quantitative estimate of drug-likeness (QED) is 0.912. The van der Waals surface area contributed by atoms with Gasteiger partial charge in [-0.3, -0.25) is 4.90 Å². The maximum atomic E-state index is 3.79. The molecule has 116 valence electrons. The lowest BCUT2D eigenvalue weighted by molar-refractivity contribution is 0.140. The van der Waals surface area contributed by atoms with E-state index in [0.29, 0.717) is 0 Å². The molecule has 1 aromatic carbocycles. The van der Waals surface area contributed by atoms with Gasteiger partial charge in [0, 0.05) is 32.2 Å². The predicted molar refractivity (Wildman–Crippen MR) is 89.6 cm³/mol. The summed E-state index contributed by atoms with van der Waals surface area (Å²) < 4.78 is 0. The van der Waals surface area contributed by atoms with Crippen LogP contribution in [0.1, 0.15) is 48.8 Å². The number of nitrogens with one attached hydrogen (secondary N) is 1. The number of nitrogens with zero attached hydrogens (tertiary/aromatic N) is 1. The second-order valence-corrected chi connectivity index (χ2v) is 7.06. The van der Waals surface area contributed by atoms with Gasteiger partial charge in [0.1, 0.15) is 0 Å². The molecule has 0 bridgehead atoms. The number of hydrogen-bond donors (Lipinski definition) is 1. The number of rotatable bonds is 3. The van der Waals surface area contributed by atoms with Crippen molar-refractivity contribution in [2.75, 3.05) is 19.6 Å². The molecular formula is C19H30N2. The van der Waals surface area contributed by atoms with Crippen LogP contribution < -0.4 is 5.32 Å². The number of piperazine rings is 1. The summed E-state index contributed by atoms with van der Waals surface area (Å²) in [6, 6.07) is 7.41. The van der Waals surface area contributed by atoms with Crippen LogP contribution in [0.4, 0.5) is 0 Å². The summed E-state index contributed by atoms with van der Waals surface area (Å²) in [7, 11) is 0. The SMILES string of the molecule is Cc1cccc(C)c1CN1CCNC(C2CCCCC2)C1. The van der Waals surface area contributed by atoms with Gasteiger partial charge in [-0.25, -0.2) is 0 Å². The first-order valence-corrected chi connectivity index (χ1v) is 8.75. The van der Waals surface area contributed by atoms with Crippen LogP contribution in [0.3, 0.4) is 0 Å². The van der Waals surface area contributed by atoms with Crippen molar-refractivity contribution >= 4 is 0 Å². The van der Waals surface area contributed by atoms with E-state index in [9.17, 15) is 0 Å². The fourth-order valence-electron chi connectivity index (χ4n) is 4.16. The molecule has 2 nitrogen and oxygen atoms in total. The maximum Gasteiger partial charge on any atom is 0.0240 e. The van der Waals surface area contributed by atoms with Crippen molar-refractivity contribution in [3.05, 3.63) is 34.9 Å². The van der Waals surface area contributed by atoms with Gasteiger partial charge >= 0.3 is 0 Å². The van der Waals surface area contributed by atoms with Gasteiger partial charge in [-0.1, -0.05) is 37.5 Å². The molecular weight excluding hydrogens is 256 g/mol. The molecule has 0 amide bonds. The minimum atomic E-state index is 0.725. The molecule has 1 aliphatic heterocycles. The predicted octanol–water partition coefficient (Wildman–Crippen LogP) is 3.66. The van der Waals surface area contributed by atoms with E-state index >= 15 is 0 Å². The molecule has 1 N–H and O–H groups in total. The van der Waals surface area contributed by atoms with Gasteiger partial charge in [0.05, 0.1) is 0 Å². The molecule has 2 fully saturated rings. The molecule has 3 rings (SSSR count). The molecule has 21 heavy (non-hydrogen) atoms. The van der Waals surface area contributed by atoms with Gasteiger partial charge in [-0.05, 0) is 49.3 Å². The van der Waals surface area contributed by atoms with Crippen LogP contribution in [-0.4, -0.2) is 30.6 Å². The van der Waals surface area contributed by atoms with Crippen molar-refractivity contribution in [3.8, 4) is 0 Å². The average Bonchev–Trinajstić information content (AvgIpc) is 2.52. The van der Waals surface area contributed by atoms with Gasteiger partial charge in [-0.2, -0.15) is 0 Å². The van der Waals surface area contributed by atoms with Crippen LogP contribution >= 0.6 is 0 Å². The highest BCUT2D eigenvalue weighted by Crippen LogP contribution is 2.28. The Balaban J connectivity index is 1.63. The Bertz CT molecular complexity index is 442. The van der Waals surface area contributed by atoms with E-state index in [1.54, 1.807) is 5.56 Å². The molecule has 1 heterocycles. The Hall–Kier alpha value is -0.860. The largest absolute Gasteiger partial charge is 0.311 e. The Morgan fingerprint density at radius 3 is 2.52 bits per heavy atom. The van der Waals surface area contributed by atoms with Crippen molar-refractivity contribution in [1.82, 2.24) is 10.2 Å². The van der Waals surface area contributed by atoms with E-state index in [-0.39, 0.29) is 0 Å². The molecule has 2 heteroatoms. The molecule has 0 aromatic heterocycles. The van der Waals surface area contributed by atoms with E-state index in [1.165, 1.54) is 56.3 Å². The molecule has 1 aromatic rings. The standard InChI is InChI=1S/C19H30N2/c1-15-7-6-8-16(2)18(15)13-21-12-11-20-19(14-21)17-9-4-3-5-10-17/h6-8,17,19-20H,3-5,9-14H2,1-2H3. The highest BCUT2D eigenvalue weighted by Gasteiger charge is 2.28. The summed E-state index contributed by atoms with van der Waals surface area (Å²) in [6.07, 6.45) is 7.22. The van der Waals surface area contributed by atoms with Crippen molar-refractivity contribution in [1.29, 1.82) is 0 Å². The lowest BCUT2D eigenvalue weighted by Crippen LogP contribution is -2.53. The van der Waals surface area contributed by atoms with E-state index in [1.807, 2.05) is 0 Å². The lowest BCUT2D eigenvalue weighted by atomic mass is 9.83. The van der Waals surface area contributed by atoms with Crippen LogP contribution in [0, 0.1) is 19.8 Å². The number of benzene rings is 1. The number of aryl methyl sites for hydroxylation is 2. The Kier molecular flexibility index (Phi) is 4.97. The van der Waals surface area contributed by atoms with Gasteiger partial charge < -0.3 is 5.32 Å². The highest BCUT2D eigenvalue weighted by molar-refractivity contribution is 5.33. The summed E-state index contributed by atoms with van der Waals surface area (Å²) in [6.45, 7) is 9.22. The van der Waals surface area contributed by atoms with Crippen LogP contribution in [0.2, 0.25) is 0 Å². The van der Waals surface area contributed by atoms with E-state index < -0.39 is 0 Å². The molecule has 1 atom stereocenters. The monoisotopic (exact) mass is 286 g/mol. The van der Waals surface area contributed by atoms with Crippen LogP contribution in [-0.2, 0) is 6.54 Å². The molecule has 1 unspecified atom stereocenters. The zero-order valence-corrected chi connectivity index (χ0v) is 13.7. The maximum absolute atomic E-state index is 3.79. The molecule has 1 saturated carbocycles. The fourth-order valence-corrected chi connectivity index (χ4v) is 4.16. The first-order chi connectivity index (χ1) is 10.2. The van der Waals surface area contributed by atoms with Crippen LogP contribution in [0.15, 0.2) is 18.2 Å². The topological polar surface area (TPSA) is 15.3 Å². The normalized spacial score (nSPS) is 25.1. The van der Waals surface area contributed by atoms with E-state index in [4.69, 9.17) is 0 Å². The first kappa shape index (κ1) is 15.1. The van der Waals surface area contributed by atoms with Crippen molar-refractivity contribution in [3.63, 3.8) is 0 Å². The first-order valence-electron chi connectivity index (χ1n) is 8.75. The van der Waals surface area contributed by atoms with Gasteiger partial charge in [0.2, 0.25) is 0 Å². The Morgan fingerprint density at radius 1 is 1.10 bits per heavy atom. The third-order valence-electron chi connectivity index (χ3n) is 5.53. The third-order valence-corrected chi connectivity index (χ3v) is 5.53. The fraction of sp³-hybridized carbons (Fsp3) is 0.684. The second kappa shape index (κ2) is 6.93. The van der Waals surface area contributed by atoms with E-state index in [0.717, 1.165) is 25.0 Å². The van der Waals surface area contributed by atoms with Crippen molar-refractivity contribution < 1.29 is 0 Å². The lowest BCUT2D eigenvalue weighted by Gasteiger charge is -2.39. The molecule has 2 aliphatic rings. The summed E-state index contributed by atoms with van der Waals surface area (Å²) in [4.78, 5) is 2.67. The molecule has 1 aliphatic carbocycles. The average molecular weight is 286 g/mol. The summed E-state index contributed by atoms with van der Waals surface area (Å²) in [5, 5.41) is 3.79. The molecule has 0 spiro atoms. The summed E-state index contributed by atoms with van der Waals surface area (Å²) in [5.74, 6) is 0.916. The summed E-state index contributed by atoms with van der Waals surface area (Å²) >= 11 is 0. The highest BCUT2D eigenvalue weighted by atomic mass is 15.2. The van der Waals surface area contributed by atoms with Crippen LogP contribution in [0.25, 0.3) is 0 Å². The Labute approximate surface area is 129 Å². The zero-order chi connectivity index (χ0) is 14.7. The smallest absolute Gasteiger partial charge is 0.0240 e. The zero-order valence-electron chi connectivity index (χ0n) is 13.7. The van der Waals surface area contributed by atoms with E-state index in [2.05, 4.69) is 42.3 Å². The third kappa shape index (κ3) is 3.67. The van der Waals surface area contributed by atoms with Gasteiger partial charge in [0.25, 0.3) is 0 Å². The Morgan fingerprint density at radius 2 is 1.81 bits per heavy atom. The minimum absolute atomic E-state index is 0.725. The van der Waals surface area contributed by atoms with Crippen LogP contribution in [0.5, 0.6) is 0 Å². The minimum Gasteiger partial charge on any atom is -0.311 e.